The minimum absolute atomic E-state index is 0.275. The zero-order chi connectivity index (χ0) is 16.5. The fraction of sp³-hybridized carbons (Fsp3) is 0.0625. The van der Waals surface area contributed by atoms with Crippen LogP contribution in [0.3, 0.4) is 0 Å². The maximum absolute atomic E-state index is 13.1. The highest BCUT2D eigenvalue weighted by molar-refractivity contribution is 9.11. The molecule has 0 amide bonds. The van der Waals surface area contributed by atoms with Crippen LogP contribution in [0.1, 0.15) is 5.56 Å². The van der Waals surface area contributed by atoms with Crippen molar-refractivity contribution in [3.05, 3.63) is 63.4 Å². The van der Waals surface area contributed by atoms with Crippen LogP contribution in [-0.2, 0) is 5.75 Å². The fourth-order valence-electron chi connectivity index (χ4n) is 2.28. The van der Waals surface area contributed by atoms with Crippen LogP contribution in [0, 0.1) is 5.82 Å². The Morgan fingerprint density at radius 3 is 2.79 bits per heavy atom. The van der Waals surface area contributed by atoms with Crippen molar-refractivity contribution in [1.29, 1.82) is 0 Å². The molecule has 3 heterocycles. The van der Waals surface area contributed by atoms with Crippen molar-refractivity contribution >= 4 is 50.1 Å². The molecule has 0 saturated carbocycles. The van der Waals surface area contributed by atoms with E-state index in [-0.39, 0.29) is 5.82 Å². The molecule has 0 radical (unpaired) electrons. The van der Waals surface area contributed by atoms with Gasteiger partial charge in [-0.1, -0.05) is 0 Å². The van der Waals surface area contributed by atoms with Gasteiger partial charge in [0, 0.05) is 5.75 Å². The lowest BCUT2D eigenvalue weighted by molar-refractivity contribution is 0.627. The molecule has 120 valence electrons. The van der Waals surface area contributed by atoms with Crippen molar-refractivity contribution in [2.45, 2.75) is 10.8 Å². The molecule has 0 aliphatic heterocycles. The largest absolute Gasteiger partial charge is 0.229 e. The summed E-state index contributed by atoms with van der Waals surface area (Å²) in [5.74, 6) is 0.554. The van der Waals surface area contributed by atoms with Gasteiger partial charge in [-0.05, 0) is 57.2 Å². The number of rotatable bonds is 4. The van der Waals surface area contributed by atoms with Crippen LogP contribution in [-0.4, -0.2) is 19.7 Å². The summed E-state index contributed by atoms with van der Waals surface area (Å²) >= 11 is 6.79. The smallest absolute Gasteiger partial charge is 0.167 e. The van der Waals surface area contributed by atoms with Gasteiger partial charge in [-0.2, -0.15) is 5.10 Å². The molecule has 0 N–H and O–H groups in total. The summed E-state index contributed by atoms with van der Waals surface area (Å²) in [7, 11) is 0. The number of halogens is 2. The standard InChI is InChI=1S/C16H10BrFN4S2/c17-14-5-10(7-23-14)8-24-16-13-6-21-22(15(13)19-9-20-16)12-3-1-11(18)2-4-12/h1-7,9H,8H2. The van der Waals surface area contributed by atoms with E-state index >= 15 is 0 Å². The van der Waals surface area contributed by atoms with Crippen LogP contribution in [0.2, 0.25) is 0 Å². The first kappa shape index (κ1) is 15.7. The van der Waals surface area contributed by atoms with Crippen LogP contribution in [0.5, 0.6) is 0 Å². The van der Waals surface area contributed by atoms with Gasteiger partial charge >= 0.3 is 0 Å². The maximum Gasteiger partial charge on any atom is 0.167 e. The minimum atomic E-state index is -0.275. The SMILES string of the molecule is Fc1ccc(-n2ncc3c(SCc4csc(Br)c4)ncnc32)cc1. The number of nitrogens with zero attached hydrogens (tertiary/aromatic N) is 4. The zero-order valence-electron chi connectivity index (χ0n) is 12.2. The number of hydrogen-bond donors (Lipinski definition) is 0. The third-order valence-corrected chi connectivity index (χ3v) is 6.03. The second kappa shape index (κ2) is 6.62. The summed E-state index contributed by atoms with van der Waals surface area (Å²) in [6, 6.07) is 8.29. The molecular weight excluding hydrogens is 411 g/mol. The molecule has 0 spiro atoms. The van der Waals surface area contributed by atoms with Crippen molar-refractivity contribution < 1.29 is 4.39 Å². The highest BCUT2D eigenvalue weighted by Gasteiger charge is 2.12. The third-order valence-electron chi connectivity index (χ3n) is 3.40. The van der Waals surface area contributed by atoms with E-state index in [0.717, 1.165) is 25.6 Å². The average Bonchev–Trinajstić information content (AvgIpc) is 3.20. The topological polar surface area (TPSA) is 43.6 Å². The average molecular weight is 421 g/mol. The Morgan fingerprint density at radius 1 is 1.21 bits per heavy atom. The highest BCUT2D eigenvalue weighted by atomic mass is 79.9. The van der Waals surface area contributed by atoms with E-state index in [2.05, 4.69) is 42.4 Å². The van der Waals surface area contributed by atoms with Crippen LogP contribution >= 0.6 is 39.0 Å². The van der Waals surface area contributed by atoms with E-state index < -0.39 is 0 Å². The quantitative estimate of drug-likeness (QED) is 0.341. The molecular formula is C16H10BrFN4S2. The molecule has 0 aliphatic carbocycles. The maximum atomic E-state index is 13.1. The summed E-state index contributed by atoms with van der Waals surface area (Å²) in [4.78, 5) is 8.72. The molecule has 4 rings (SSSR count). The van der Waals surface area contributed by atoms with Gasteiger partial charge in [0.15, 0.2) is 5.65 Å². The predicted octanol–water partition coefficient (Wildman–Crippen LogP) is 5.07. The lowest BCUT2D eigenvalue weighted by Gasteiger charge is -2.04. The first-order valence-electron chi connectivity index (χ1n) is 7.01. The molecule has 0 aliphatic rings. The molecule has 24 heavy (non-hydrogen) atoms. The van der Waals surface area contributed by atoms with E-state index in [0.29, 0.717) is 5.65 Å². The second-order valence-corrected chi connectivity index (χ2v) is 8.25. The van der Waals surface area contributed by atoms with E-state index in [1.54, 1.807) is 46.1 Å². The van der Waals surface area contributed by atoms with Gasteiger partial charge in [-0.3, -0.25) is 0 Å². The number of aromatic nitrogens is 4. The molecule has 1 aromatic carbocycles. The second-order valence-electron chi connectivity index (χ2n) is 5.00. The Kier molecular flexibility index (Phi) is 4.34. The van der Waals surface area contributed by atoms with Crippen LogP contribution in [0.15, 0.2) is 57.0 Å². The first-order chi connectivity index (χ1) is 11.7. The predicted molar refractivity (Wildman–Crippen MR) is 98.2 cm³/mol. The number of thiophene rings is 1. The zero-order valence-corrected chi connectivity index (χ0v) is 15.4. The molecule has 3 aromatic heterocycles. The van der Waals surface area contributed by atoms with Gasteiger partial charge in [0.1, 0.15) is 17.2 Å². The normalized spacial score (nSPS) is 11.2. The van der Waals surface area contributed by atoms with Gasteiger partial charge in [0.05, 0.1) is 21.1 Å². The van der Waals surface area contributed by atoms with Gasteiger partial charge < -0.3 is 0 Å². The third kappa shape index (κ3) is 3.09. The van der Waals surface area contributed by atoms with E-state index in [4.69, 9.17) is 0 Å². The summed E-state index contributed by atoms with van der Waals surface area (Å²) in [5.41, 5.74) is 2.72. The monoisotopic (exact) mass is 420 g/mol. The fourth-order valence-corrected chi connectivity index (χ4v) is 4.49. The van der Waals surface area contributed by atoms with Gasteiger partial charge in [0.2, 0.25) is 0 Å². The van der Waals surface area contributed by atoms with Crippen LogP contribution < -0.4 is 0 Å². The lowest BCUT2D eigenvalue weighted by atomic mass is 10.3. The molecule has 4 aromatic rings. The molecule has 0 bridgehead atoms. The van der Waals surface area contributed by atoms with Crippen molar-refractivity contribution in [3.63, 3.8) is 0 Å². The van der Waals surface area contributed by atoms with E-state index in [1.165, 1.54) is 24.0 Å². The van der Waals surface area contributed by atoms with E-state index in [1.807, 2.05) is 0 Å². The van der Waals surface area contributed by atoms with Gasteiger partial charge in [-0.15, -0.1) is 23.1 Å². The first-order valence-corrected chi connectivity index (χ1v) is 9.67. The molecule has 8 heteroatoms. The number of benzene rings is 1. The van der Waals surface area contributed by atoms with Crippen molar-refractivity contribution in [2.24, 2.45) is 0 Å². The highest BCUT2D eigenvalue weighted by Crippen LogP contribution is 2.30. The number of thioether (sulfide) groups is 1. The molecule has 0 unspecified atom stereocenters. The van der Waals surface area contributed by atoms with Crippen LogP contribution in [0.4, 0.5) is 4.39 Å². The Bertz CT molecular complexity index is 997. The Hall–Kier alpha value is -1.77. The van der Waals surface area contributed by atoms with Gasteiger partial charge in [-0.25, -0.2) is 19.0 Å². The summed E-state index contributed by atoms with van der Waals surface area (Å²) in [6.07, 6.45) is 3.29. The number of fused-ring (bicyclic) bond motifs is 1. The van der Waals surface area contributed by atoms with Crippen LogP contribution in [0.25, 0.3) is 16.7 Å². The Labute approximate surface area is 153 Å². The molecule has 0 fully saturated rings. The summed E-state index contributed by atoms with van der Waals surface area (Å²) < 4.78 is 15.9. The minimum Gasteiger partial charge on any atom is -0.229 e. The van der Waals surface area contributed by atoms with Crippen molar-refractivity contribution in [1.82, 2.24) is 19.7 Å². The Morgan fingerprint density at radius 2 is 2.04 bits per heavy atom. The summed E-state index contributed by atoms with van der Waals surface area (Å²) in [6.45, 7) is 0. The number of hydrogen-bond acceptors (Lipinski definition) is 5. The molecule has 4 nitrogen and oxygen atoms in total. The molecule has 0 saturated heterocycles. The lowest BCUT2D eigenvalue weighted by Crippen LogP contribution is -1.98. The van der Waals surface area contributed by atoms with Crippen molar-refractivity contribution in [3.8, 4) is 5.69 Å². The molecule has 0 atom stereocenters. The van der Waals surface area contributed by atoms with E-state index in [9.17, 15) is 4.39 Å². The van der Waals surface area contributed by atoms with Gasteiger partial charge in [0.25, 0.3) is 0 Å². The summed E-state index contributed by atoms with van der Waals surface area (Å²) in [5, 5.41) is 8.29. The Balaban J connectivity index is 1.67. The van der Waals surface area contributed by atoms with Crippen molar-refractivity contribution in [2.75, 3.05) is 0 Å².